The van der Waals surface area contributed by atoms with Crippen LogP contribution in [0.3, 0.4) is 0 Å². The molecule has 0 fully saturated rings. The molecule has 90 valence electrons. The molecule has 0 aliphatic heterocycles. The van der Waals surface area contributed by atoms with E-state index in [2.05, 4.69) is 0 Å². The highest BCUT2D eigenvalue weighted by Crippen LogP contribution is 2.16. The third-order valence-corrected chi connectivity index (χ3v) is 1.64. The zero-order valence-corrected chi connectivity index (χ0v) is 8.71. The van der Waals surface area contributed by atoms with E-state index < -0.39 is 11.8 Å². The smallest absolute Gasteiger partial charge is 0.369 e. The fraction of sp³-hybridized carbons (Fsp3) is 0.300. The molecular formula is C10H16N2O4. The van der Waals surface area contributed by atoms with E-state index in [-0.39, 0.29) is 5.56 Å². The van der Waals surface area contributed by atoms with Gasteiger partial charge in [-0.2, -0.15) is 0 Å². The Hall–Kier alpha value is -1.47. The Kier molecular flexibility index (Phi) is 6.28. The summed E-state index contributed by atoms with van der Waals surface area (Å²) in [5.41, 5.74) is 9.75. The van der Waals surface area contributed by atoms with Crippen LogP contribution in [0.5, 0.6) is 0 Å². The minimum Gasteiger partial charge on any atom is -0.477 e. The molecular weight excluding hydrogens is 212 g/mol. The van der Waals surface area contributed by atoms with Gasteiger partial charge in [-0.1, -0.05) is 30.3 Å². The minimum atomic E-state index is -2.79. The lowest BCUT2D eigenvalue weighted by Gasteiger charge is -2.15. The van der Waals surface area contributed by atoms with Gasteiger partial charge < -0.3 is 26.8 Å². The zero-order chi connectivity index (χ0) is 12.6. The van der Waals surface area contributed by atoms with Crippen molar-refractivity contribution < 1.29 is 20.1 Å². The summed E-state index contributed by atoms with van der Waals surface area (Å²) in [6.07, 6.45) is 0. The van der Waals surface area contributed by atoms with E-state index in [0.717, 1.165) is 0 Å². The Labute approximate surface area is 93.1 Å². The number of rotatable bonds is 3. The van der Waals surface area contributed by atoms with Crippen LogP contribution in [0.15, 0.2) is 30.3 Å². The molecule has 0 saturated heterocycles. The van der Waals surface area contributed by atoms with Crippen molar-refractivity contribution in [2.75, 3.05) is 13.1 Å². The zero-order valence-electron chi connectivity index (χ0n) is 8.71. The summed E-state index contributed by atoms with van der Waals surface area (Å²) in [7, 11) is 0. The van der Waals surface area contributed by atoms with E-state index in [1.54, 1.807) is 6.07 Å². The van der Waals surface area contributed by atoms with Crippen LogP contribution < -0.4 is 11.5 Å². The van der Waals surface area contributed by atoms with Gasteiger partial charge in [0.2, 0.25) is 0 Å². The number of aliphatic hydroxyl groups is 2. The van der Waals surface area contributed by atoms with E-state index in [1.807, 2.05) is 0 Å². The lowest BCUT2D eigenvalue weighted by molar-refractivity contribution is -0.208. The first kappa shape index (κ1) is 14.5. The van der Waals surface area contributed by atoms with Gasteiger partial charge in [0, 0.05) is 18.7 Å². The third-order valence-electron chi connectivity index (χ3n) is 1.64. The fourth-order valence-corrected chi connectivity index (χ4v) is 0.794. The van der Waals surface area contributed by atoms with Gasteiger partial charge in [-0.3, -0.25) is 0 Å². The molecule has 6 nitrogen and oxygen atoms in total. The number of aliphatic carboxylic acids is 1. The molecule has 16 heavy (non-hydrogen) atoms. The van der Waals surface area contributed by atoms with E-state index in [1.165, 1.54) is 24.3 Å². The van der Waals surface area contributed by atoms with Gasteiger partial charge in [0.25, 0.3) is 5.79 Å². The predicted octanol–water partition coefficient (Wildman–Crippen LogP) is -1.19. The summed E-state index contributed by atoms with van der Waals surface area (Å²) in [5, 5.41) is 26.4. The Bertz CT molecular complexity index is 312. The molecule has 6 heteroatoms. The topological polar surface area (TPSA) is 130 Å². The summed E-state index contributed by atoms with van der Waals surface area (Å²) >= 11 is 0. The number of carbonyl (C=O) groups is 1. The number of nitrogens with two attached hydrogens (primary N) is 2. The van der Waals surface area contributed by atoms with E-state index in [0.29, 0.717) is 13.1 Å². The summed E-state index contributed by atoms with van der Waals surface area (Å²) in [5.74, 6) is -4.48. The Balaban J connectivity index is 0.000000487. The molecule has 0 bridgehead atoms. The lowest BCUT2D eigenvalue weighted by atomic mass is 10.1. The van der Waals surface area contributed by atoms with Crippen molar-refractivity contribution in [3.05, 3.63) is 35.9 Å². The summed E-state index contributed by atoms with van der Waals surface area (Å²) < 4.78 is 0. The molecule has 0 aliphatic carbocycles. The van der Waals surface area contributed by atoms with Crippen molar-refractivity contribution in [3.8, 4) is 0 Å². The monoisotopic (exact) mass is 228 g/mol. The molecule has 7 N–H and O–H groups in total. The van der Waals surface area contributed by atoms with E-state index in [4.69, 9.17) is 26.8 Å². The highest BCUT2D eigenvalue weighted by molar-refractivity contribution is 5.76. The van der Waals surface area contributed by atoms with Gasteiger partial charge in [0.15, 0.2) is 0 Å². The summed E-state index contributed by atoms with van der Waals surface area (Å²) in [6, 6.07) is 7.36. The second kappa shape index (κ2) is 6.91. The first-order chi connectivity index (χ1) is 7.46. The van der Waals surface area contributed by atoms with Crippen LogP contribution in [0.2, 0.25) is 0 Å². The quantitative estimate of drug-likeness (QED) is 0.414. The van der Waals surface area contributed by atoms with Crippen LogP contribution in [0, 0.1) is 0 Å². The van der Waals surface area contributed by atoms with Gasteiger partial charge in [0.05, 0.1) is 0 Å². The van der Waals surface area contributed by atoms with Gasteiger partial charge in [0.1, 0.15) is 0 Å². The maximum Gasteiger partial charge on any atom is 0.369 e. The molecule has 0 spiro atoms. The molecule has 1 aromatic rings. The first-order valence-corrected chi connectivity index (χ1v) is 4.60. The van der Waals surface area contributed by atoms with E-state index in [9.17, 15) is 4.79 Å². The number of hydrogen-bond acceptors (Lipinski definition) is 5. The minimum absolute atomic E-state index is 0.0579. The maximum atomic E-state index is 10.3. The van der Waals surface area contributed by atoms with Crippen LogP contribution in [-0.2, 0) is 10.6 Å². The van der Waals surface area contributed by atoms with Gasteiger partial charge >= 0.3 is 5.97 Å². The van der Waals surface area contributed by atoms with E-state index >= 15 is 0 Å². The van der Waals surface area contributed by atoms with Crippen molar-refractivity contribution in [2.45, 2.75) is 5.79 Å². The third kappa shape index (κ3) is 4.37. The van der Waals surface area contributed by atoms with Crippen LogP contribution >= 0.6 is 0 Å². The summed E-state index contributed by atoms with van der Waals surface area (Å²) in [4.78, 5) is 10.3. The fourth-order valence-electron chi connectivity index (χ4n) is 0.794. The standard InChI is InChI=1S/C8H8O4.C2H8N2/c9-7(10)8(11,12)6-4-2-1-3-5-6;3-1-2-4/h1-5,11-12H,(H,9,10);1-4H2. The number of benzene rings is 1. The maximum absolute atomic E-state index is 10.3. The second-order valence-corrected chi connectivity index (χ2v) is 2.92. The normalized spacial score (nSPS) is 10.2. The molecule has 0 atom stereocenters. The van der Waals surface area contributed by atoms with Gasteiger partial charge in [-0.25, -0.2) is 4.79 Å². The molecule has 0 radical (unpaired) electrons. The van der Waals surface area contributed by atoms with Crippen LogP contribution in [0.25, 0.3) is 0 Å². The lowest BCUT2D eigenvalue weighted by Crippen LogP contribution is -2.34. The molecule has 0 heterocycles. The molecule has 0 amide bonds. The average Bonchev–Trinajstić information content (AvgIpc) is 2.30. The predicted molar refractivity (Wildman–Crippen MR) is 58.3 cm³/mol. The average molecular weight is 228 g/mol. The molecule has 0 aliphatic rings. The Morgan fingerprint density at radius 1 is 1.12 bits per heavy atom. The highest BCUT2D eigenvalue weighted by Gasteiger charge is 2.34. The number of carboxylic acid groups (broad SMARTS) is 1. The van der Waals surface area contributed by atoms with Gasteiger partial charge in [-0.05, 0) is 0 Å². The second-order valence-electron chi connectivity index (χ2n) is 2.92. The van der Waals surface area contributed by atoms with Crippen molar-refractivity contribution in [1.29, 1.82) is 0 Å². The van der Waals surface area contributed by atoms with Crippen LogP contribution in [0.1, 0.15) is 5.56 Å². The largest absolute Gasteiger partial charge is 0.477 e. The molecule has 1 rings (SSSR count). The SMILES string of the molecule is NCCN.O=C(O)C(O)(O)c1ccccc1. The molecule has 0 aromatic heterocycles. The molecule has 1 aromatic carbocycles. The van der Waals surface area contributed by atoms with Crippen molar-refractivity contribution >= 4 is 5.97 Å². The van der Waals surface area contributed by atoms with Crippen molar-refractivity contribution in [2.24, 2.45) is 11.5 Å². The summed E-state index contributed by atoms with van der Waals surface area (Å²) in [6.45, 7) is 1.19. The van der Waals surface area contributed by atoms with Crippen LogP contribution in [-0.4, -0.2) is 34.4 Å². The highest BCUT2D eigenvalue weighted by atomic mass is 16.5. The Morgan fingerprint density at radius 3 is 1.88 bits per heavy atom. The van der Waals surface area contributed by atoms with Gasteiger partial charge in [-0.15, -0.1) is 0 Å². The van der Waals surface area contributed by atoms with Crippen LogP contribution in [0.4, 0.5) is 0 Å². The van der Waals surface area contributed by atoms with Crippen molar-refractivity contribution in [3.63, 3.8) is 0 Å². The number of hydrogen-bond donors (Lipinski definition) is 5. The number of carboxylic acids is 1. The van der Waals surface area contributed by atoms with Crippen molar-refractivity contribution in [1.82, 2.24) is 0 Å². The molecule has 0 unspecified atom stereocenters. The Morgan fingerprint density at radius 2 is 1.56 bits per heavy atom. The molecule has 0 saturated carbocycles. The first-order valence-electron chi connectivity index (χ1n) is 4.60.